The van der Waals surface area contributed by atoms with Crippen LogP contribution in [-0.4, -0.2) is 42.6 Å². The van der Waals surface area contributed by atoms with Gasteiger partial charge >= 0.3 is 0 Å². The molecule has 1 heterocycles. The quantitative estimate of drug-likeness (QED) is 0.928. The number of hydrogen-bond donors (Lipinski definition) is 1. The number of hydrogen-bond acceptors (Lipinski definition) is 4. The van der Waals surface area contributed by atoms with Crippen molar-refractivity contribution < 1.29 is 4.74 Å². The lowest BCUT2D eigenvalue weighted by atomic mass is 10.0. The molecule has 0 bridgehead atoms. The molecule has 0 amide bonds. The zero-order valence-corrected chi connectivity index (χ0v) is 13.0. The van der Waals surface area contributed by atoms with Crippen molar-refractivity contribution in [3.63, 3.8) is 0 Å². The highest BCUT2D eigenvalue weighted by atomic mass is 35.5. The van der Waals surface area contributed by atoms with E-state index in [0.29, 0.717) is 22.6 Å². The molecule has 1 aliphatic heterocycles. The average molecular weight is 301 g/mol. The van der Waals surface area contributed by atoms with E-state index in [1.807, 2.05) is 23.9 Å². The van der Waals surface area contributed by atoms with Gasteiger partial charge in [-0.3, -0.25) is 4.90 Å². The van der Waals surface area contributed by atoms with E-state index < -0.39 is 0 Å². The molecule has 0 spiro atoms. The van der Waals surface area contributed by atoms with E-state index in [2.05, 4.69) is 17.9 Å². The summed E-state index contributed by atoms with van der Waals surface area (Å²) in [6.07, 6.45) is 0. The first kappa shape index (κ1) is 15.0. The lowest BCUT2D eigenvalue weighted by Crippen LogP contribution is -2.42. The maximum absolute atomic E-state index is 6.21. The summed E-state index contributed by atoms with van der Waals surface area (Å²) >= 11 is 8.24. The Morgan fingerprint density at radius 2 is 2.37 bits per heavy atom. The molecule has 1 aliphatic rings. The maximum Gasteiger partial charge on any atom is 0.137 e. The topological polar surface area (TPSA) is 38.5 Å². The van der Waals surface area contributed by atoms with Gasteiger partial charge in [-0.25, -0.2) is 0 Å². The second-order valence-corrected chi connectivity index (χ2v) is 6.78. The van der Waals surface area contributed by atoms with Gasteiger partial charge in [-0.2, -0.15) is 11.8 Å². The number of nitrogens with zero attached hydrogens (tertiary/aromatic N) is 1. The minimum absolute atomic E-state index is 0.242. The second kappa shape index (κ2) is 6.84. The summed E-state index contributed by atoms with van der Waals surface area (Å²) in [6, 6.07) is 6.20. The molecule has 1 saturated heterocycles. The minimum Gasteiger partial charge on any atom is -0.495 e. The summed E-state index contributed by atoms with van der Waals surface area (Å²) in [5.41, 5.74) is 7.15. The molecule has 19 heavy (non-hydrogen) atoms. The normalized spacial score (nSPS) is 22.2. The standard InChI is InChI=1S/C14H21ClN2OS/c1-10-9-17(5-6-19-10)13(8-16)11-3-4-14(18-2)12(15)7-11/h3-4,7,10,13H,5-6,8-9,16H2,1-2H3. The van der Waals surface area contributed by atoms with Crippen molar-refractivity contribution in [2.75, 3.05) is 32.5 Å². The molecule has 106 valence electrons. The Morgan fingerprint density at radius 3 is 2.95 bits per heavy atom. The maximum atomic E-state index is 6.21. The van der Waals surface area contributed by atoms with Crippen LogP contribution in [0.2, 0.25) is 5.02 Å². The van der Waals surface area contributed by atoms with Crippen LogP contribution in [0, 0.1) is 0 Å². The molecule has 3 nitrogen and oxygen atoms in total. The Hall–Kier alpha value is -0.420. The van der Waals surface area contributed by atoms with Gasteiger partial charge in [0.2, 0.25) is 0 Å². The van der Waals surface area contributed by atoms with Crippen molar-refractivity contribution in [1.82, 2.24) is 4.90 Å². The van der Waals surface area contributed by atoms with E-state index in [1.165, 1.54) is 11.3 Å². The van der Waals surface area contributed by atoms with Gasteiger partial charge < -0.3 is 10.5 Å². The van der Waals surface area contributed by atoms with Gasteiger partial charge in [-0.1, -0.05) is 24.6 Å². The summed E-state index contributed by atoms with van der Waals surface area (Å²) in [7, 11) is 1.63. The van der Waals surface area contributed by atoms with Crippen molar-refractivity contribution in [2.24, 2.45) is 5.73 Å². The van der Waals surface area contributed by atoms with Crippen LogP contribution >= 0.6 is 23.4 Å². The van der Waals surface area contributed by atoms with Crippen LogP contribution in [0.3, 0.4) is 0 Å². The van der Waals surface area contributed by atoms with Gasteiger partial charge in [-0.15, -0.1) is 0 Å². The van der Waals surface area contributed by atoms with Crippen molar-refractivity contribution in [1.29, 1.82) is 0 Å². The van der Waals surface area contributed by atoms with Gasteiger partial charge in [0.05, 0.1) is 12.1 Å². The third-order valence-corrected chi connectivity index (χ3v) is 4.93. The third kappa shape index (κ3) is 3.57. The molecule has 2 N–H and O–H groups in total. The fourth-order valence-electron chi connectivity index (χ4n) is 2.51. The highest BCUT2D eigenvalue weighted by molar-refractivity contribution is 7.99. The Bertz CT molecular complexity index is 430. The van der Waals surface area contributed by atoms with Gasteiger partial charge in [0.1, 0.15) is 5.75 Å². The Labute approximate surface area is 124 Å². The molecule has 0 aliphatic carbocycles. The average Bonchev–Trinajstić information content (AvgIpc) is 2.40. The molecule has 2 atom stereocenters. The predicted molar refractivity (Wildman–Crippen MR) is 83.3 cm³/mol. The third-order valence-electron chi connectivity index (χ3n) is 3.50. The van der Waals surface area contributed by atoms with Crippen LogP contribution in [0.1, 0.15) is 18.5 Å². The van der Waals surface area contributed by atoms with Gasteiger partial charge in [-0.05, 0) is 17.7 Å². The Kier molecular flexibility index (Phi) is 5.39. The fraction of sp³-hybridized carbons (Fsp3) is 0.571. The second-order valence-electron chi connectivity index (χ2n) is 4.82. The lowest BCUT2D eigenvalue weighted by molar-refractivity contribution is 0.211. The zero-order chi connectivity index (χ0) is 13.8. The number of nitrogens with two attached hydrogens (primary N) is 1. The predicted octanol–water partition coefficient (Wildman–Crippen LogP) is 2.79. The van der Waals surface area contributed by atoms with E-state index in [4.69, 9.17) is 22.1 Å². The van der Waals surface area contributed by atoms with Crippen LogP contribution in [0.4, 0.5) is 0 Å². The molecular formula is C14H21ClN2OS. The smallest absolute Gasteiger partial charge is 0.137 e. The van der Waals surface area contributed by atoms with Gasteiger partial charge in [0.15, 0.2) is 0 Å². The molecule has 1 fully saturated rings. The molecule has 0 aromatic heterocycles. The number of thioether (sulfide) groups is 1. The number of methoxy groups -OCH3 is 1. The fourth-order valence-corrected chi connectivity index (χ4v) is 3.82. The summed E-state index contributed by atoms with van der Waals surface area (Å²) in [4.78, 5) is 2.46. The molecule has 5 heteroatoms. The number of rotatable bonds is 4. The summed E-state index contributed by atoms with van der Waals surface area (Å²) in [5.74, 6) is 1.88. The van der Waals surface area contributed by atoms with Crippen LogP contribution < -0.4 is 10.5 Å². The Morgan fingerprint density at radius 1 is 1.58 bits per heavy atom. The van der Waals surface area contributed by atoms with Crippen molar-refractivity contribution in [3.05, 3.63) is 28.8 Å². The van der Waals surface area contributed by atoms with Crippen LogP contribution in [0.5, 0.6) is 5.75 Å². The van der Waals surface area contributed by atoms with Crippen molar-refractivity contribution in [3.8, 4) is 5.75 Å². The molecule has 1 aromatic carbocycles. The number of halogens is 1. The molecular weight excluding hydrogens is 280 g/mol. The monoisotopic (exact) mass is 300 g/mol. The largest absolute Gasteiger partial charge is 0.495 e. The first-order chi connectivity index (χ1) is 9.15. The van der Waals surface area contributed by atoms with Crippen LogP contribution in [0.25, 0.3) is 0 Å². The summed E-state index contributed by atoms with van der Waals surface area (Å²) < 4.78 is 5.20. The molecule has 1 aromatic rings. The highest BCUT2D eigenvalue weighted by Gasteiger charge is 2.24. The van der Waals surface area contributed by atoms with E-state index in [1.54, 1.807) is 7.11 Å². The van der Waals surface area contributed by atoms with Crippen molar-refractivity contribution >= 4 is 23.4 Å². The molecule has 0 radical (unpaired) electrons. The first-order valence-corrected chi connectivity index (χ1v) is 7.97. The zero-order valence-electron chi connectivity index (χ0n) is 11.4. The highest BCUT2D eigenvalue weighted by Crippen LogP contribution is 2.31. The first-order valence-electron chi connectivity index (χ1n) is 6.55. The molecule has 2 rings (SSSR count). The number of ether oxygens (including phenoxy) is 1. The number of benzene rings is 1. The minimum atomic E-state index is 0.242. The van der Waals surface area contributed by atoms with Crippen LogP contribution in [0.15, 0.2) is 18.2 Å². The van der Waals surface area contributed by atoms with E-state index in [0.717, 1.165) is 13.1 Å². The van der Waals surface area contributed by atoms with E-state index >= 15 is 0 Å². The van der Waals surface area contributed by atoms with Crippen LogP contribution in [-0.2, 0) is 0 Å². The summed E-state index contributed by atoms with van der Waals surface area (Å²) in [6.45, 7) is 5.04. The van der Waals surface area contributed by atoms with E-state index in [-0.39, 0.29) is 6.04 Å². The van der Waals surface area contributed by atoms with Crippen molar-refractivity contribution in [2.45, 2.75) is 18.2 Å². The lowest BCUT2D eigenvalue weighted by Gasteiger charge is -2.36. The van der Waals surface area contributed by atoms with Gasteiger partial charge in [0.25, 0.3) is 0 Å². The van der Waals surface area contributed by atoms with Gasteiger partial charge in [0, 0.05) is 36.7 Å². The molecule has 0 saturated carbocycles. The SMILES string of the molecule is COc1ccc(C(CN)N2CCSC(C)C2)cc1Cl. The van der Waals surface area contributed by atoms with E-state index in [9.17, 15) is 0 Å². The molecule has 2 unspecified atom stereocenters. The Balaban J connectivity index is 2.19. The summed E-state index contributed by atoms with van der Waals surface area (Å²) in [5, 5.41) is 1.31.